The summed E-state index contributed by atoms with van der Waals surface area (Å²) in [4.78, 5) is 33.6. The molecule has 0 aromatic heterocycles. The predicted molar refractivity (Wildman–Crippen MR) is 87.5 cm³/mol. The highest BCUT2D eigenvalue weighted by Gasteiger charge is 2.02. The first-order valence-electron chi connectivity index (χ1n) is 8.13. The number of rotatable bonds is 15. The lowest BCUT2D eigenvalue weighted by molar-refractivity contribution is -0.127. The van der Waals surface area contributed by atoms with E-state index in [4.69, 9.17) is 14.2 Å². The van der Waals surface area contributed by atoms with E-state index in [0.29, 0.717) is 45.9 Å². The molecule has 0 heterocycles. The number of hydrogen-bond acceptors (Lipinski definition) is 6. The lowest BCUT2D eigenvalue weighted by atomic mass is 10.4. The average Bonchev–Trinajstić information content (AvgIpc) is 2.58. The van der Waals surface area contributed by atoms with Gasteiger partial charge in [-0.3, -0.25) is 14.4 Å². The molecule has 0 radical (unpaired) electrons. The van der Waals surface area contributed by atoms with Gasteiger partial charge in [0, 0.05) is 32.7 Å². The number of carbonyl (C=O) groups is 3. The van der Waals surface area contributed by atoms with Crippen molar-refractivity contribution in [2.75, 3.05) is 59.3 Å². The second kappa shape index (κ2) is 16.2. The monoisotopic (exact) mass is 347 g/mol. The topological polar surface area (TPSA) is 115 Å². The van der Waals surface area contributed by atoms with Crippen LogP contribution in [0, 0.1) is 0 Å². The van der Waals surface area contributed by atoms with Gasteiger partial charge in [-0.1, -0.05) is 6.92 Å². The lowest BCUT2D eigenvalue weighted by Gasteiger charge is -2.08. The molecular formula is C15H29N3O6. The molecule has 0 bridgehead atoms. The van der Waals surface area contributed by atoms with Gasteiger partial charge >= 0.3 is 0 Å². The van der Waals surface area contributed by atoms with Crippen LogP contribution in [0.15, 0.2) is 0 Å². The fraction of sp³-hybridized carbons (Fsp3) is 0.800. The molecule has 24 heavy (non-hydrogen) atoms. The highest BCUT2D eigenvalue weighted by molar-refractivity contribution is 5.78. The van der Waals surface area contributed by atoms with Crippen LogP contribution < -0.4 is 16.0 Å². The normalized spacial score (nSPS) is 10.2. The summed E-state index contributed by atoms with van der Waals surface area (Å²) in [5, 5.41) is 7.92. The van der Waals surface area contributed by atoms with Crippen LogP contribution in [0.5, 0.6) is 0 Å². The molecule has 0 aromatic carbocycles. The summed E-state index contributed by atoms with van der Waals surface area (Å²) in [7, 11) is 0. The number of amides is 3. The van der Waals surface area contributed by atoms with Gasteiger partial charge in [0.15, 0.2) is 0 Å². The van der Waals surface area contributed by atoms with E-state index >= 15 is 0 Å². The fourth-order valence-electron chi connectivity index (χ4n) is 1.47. The highest BCUT2D eigenvalue weighted by Crippen LogP contribution is 1.80. The van der Waals surface area contributed by atoms with Crippen LogP contribution >= 0.6 is 0 Å². The van der Waals surface area contributed by atoms with E-state index in [1.807, 2.05) is 6.92 Å². The Morgan fingerprint density at radius 1 is 0.667 bits per heavy atom. The van der Waals surface area contributed by atoms with Crippen molar-refractivity contribution in [3.05, 3.63) is 0 Å². The molecule has 9 heteroatoms. The molecule has 0 rings (SSSR count). The second-order valence-corrected chi connectivity index (χ2v) is 4.71. The minimum atomic E-state index is -0.246. The maximum Gasteiger partial charge on any atom is 0.246 e. The summed E-state index contributed by atoms with van der Waals surface area (Å²) >= 11 is 0. The molecular weight excluding hydrogens is 318 g/mol. The summed E-state index contributed by atoms with van der Waals surface area (Å²) in [6.07, 6.45) is 0.424. The fourth-order valence-corrected chi connectivity index (χ4v) is 1.47. The van der Waals surface area contributed by atoms with Crippen LogP contribution in [0.1, 0.15) is 20.3 Å². The molecule has 0 saturated heterocycles. The van der Waals surface area contributed by atoms with E-state index < -0.39 is 0 Å². The molecule has 0 aromatic rings. The van der Waals surface area contributed by atoms with Crippen molar-refractivity contribution < 1.29 is 28.6 Å². The van der Waals surface area contributed by atoms with Gasteiger partial charge in [-0.2, -0.15) is 0 Å². The SMILES string of the molecule is CCOCC(=O)NCCOCCOCC(=O)NCCNC(=O)CC. The van der Waals surface area contributed by atoms with Gasteiger partial charge in [0.2, 0.25) is 17.7 Å². The van der Waals surface area contributed by atoms with E-state index in [0.717, 1.165) is 0 Å². The van der Waals surface area contributed by atoms with Crippen molar-refractivity contribution in [3.63, 3.8) is 0 Å². The smallest absolute Gasteiger partial charge is 0.246 e. The van der Waals surface area contributed by atoms with Gasteiger partial charge in [0.05, 0.1) is 19.8 Å². The zero-order chi connectivity index (χ0) is 18.0. The maximum absolute atomic E-state index is 11.4. The molecule has 3 N–H and O–H groups in total. The van der Waals surface area contributed by atoms with Crippen molar-refractivity contribution in [3.8, 4) is 0 Å². The summed E-state index contributed by atoms with van der Waals surface area (Å²) < 4.78 is 15.3. The quantitative estimate of drug-likeness (QED) is 0.321. The van der Waals surface area contributed by atoms with Crippen LogP contribution in [0.4, 0.5) is 0 Å². The first-order valence-corrected chi connectivity index (χ1v) is 8.13. The van der Waals surface area contributed by atoms with Gasteiger partial charge in [0.1, 0.15) is 13.2 Å². The number of hydrogen-bond donors (Lipinski definition) is 3. The number of nitrogens with one attached hydrogen (secondary N) is 3. The van der Waals surface area contributed by atoms with Crippen molar-refractivity contribution >= 4 is 17.7 Å². The number of ether oxygens (including phenoxy) is 3. The van der Waals surface area contributed by atoms with Gasteiger partial charge in [-0.25, -0.2) is 0 Å². The van der Waals surface area contributed by atoms with Gasteiger partial charge < -0.3 is 30.2 Å². The maximum atomic E-state index is 11.4. The Balaban J connectivity index is 3.30. The van der Waals surface area contributed by atoms with Crippen molar-refractivity contribution in [1.29, 1.82) is 0 Å². The first-order chi connectivity index (χ1) is 11.6. The van der Waals surface area contributed by atoms with Crippen LogP contribution in [0.25, 0.3) is 0 Å². The third-order valence-corrected chi connectivity index (χ3v) is 2.70. The minimum Gasteiger partial charge on any atom is -0.377 e. The minimum absolute atomic E-state index is 0.0493. The van der Waals surface area contributed by atoms with E-state index in [-0.39, 0.29) is 37.5 Å². The van der Waals surface area contributed by atoms with Crippen molar-refractivity contribution in [1.82, 2.24) is 16.0 Å². The van der Waals surface area contributed by atoms with Crippen molar-refractivity contribution in [2.24, 2.45) is 0 Å². The Morgan fingerprint density at radius 2 is 1.21 bits per heavy atom. The standard InChI is InChI=1S/C15H29N3O6/c1-3-13(19)16-5-6-17-15(21)12-24-10-9-23-8-7-18-14(20)11-22-4-2/h3-12H2,1-2H3,(H,16,19)(H,17,21)(H,18,20). The Bertz CT molecular complexity index is 365. The zero-order valence-electron chi connectivity index (χ0n) is 14.5. The predicted octanol–water partition coefficient (Wildman–Crippen LogP) is -1.19. The third-order valence-electron chi connectivity index (χ3n) is 2.70. The largest absolute Gasteiger partial charge is 0.377 e. The Hall–Kier alpha value is -1.71. The first kappa shape index (κ1) is 22.3. The number of carbonyl (C=O) groups excluding carboxylic acids is 3. The Labute approximate surface area is 142 Å². The van der Waals surface area contributed by atoms with Gasteiger partial charge in [0.25, 0.3) is 0 Å². The van der Waals surface area contributed by atoms with Gasteiger partial charge in [-0.05, 0) is 6.92 Å². The zero-order valence-corrected chi connectivity index (χ0v) is 14.5. The molecule has 0 aliphatic rings. The molecule has 3 amide bonds. The summed E-state index contributed by atoms with van der Waals surface area (Å²) in [5.74, 6) is -0.473. The van der Waals surface area contributed by atoms with E-state index in [1.165, 1.54) is 0 Å². The van der Waals surface area contributed by atoms with Crippen LogP contribution in [-0.4, -0.2) is 77.0 Å². The molecule has 0 aliphatic carbocycles. The van der Waals surface area contributed by atoms with Crippen LogP contribution in [0.3, 0.4) is 0 Å². The van der Waals surface area contributed by atoms with Crippen molar-refractivity contribution in [2.45, 2.75) is 20.3 Å². The third kappa shape index (κ3) is 15.2. The molecule has 140 valence electrons. The molecule has 0 unspecified atom stereocenters. The highest BCUT2D eigenvalue weighted by atomic mass is 16.5. The lowest BCUT2D eigenvalue weighted by Crippen LogP contribution is -2.36. The Kier molecular flexibility index (Phi) is 15.0. The molecule has 0 fully saturated rings. The van der Waals surface area contributed by atoms with E-state index in [2.05, 4.69) is 16.0 Å². The van der Waals surface area contributed by atoms with Crippen LogP contribution in [0.2, 0.25) is 0 Å². The summed E-state index contributed by atoms with van der Waals surface area (Å²) in [6.45, 7) is 6.23. The van der Waals surface area contributed by atoms with E-state index in [9.17, 15) is 14.4 Å². The molecule has 9 nitrogen and oxygen atoms in total. The average molecular weight is 347 g/mol. The molecule has 0 saturated carbocycles. The van der Waals surface area contributed by atoms with Crippen LogP contribution in [-0.2, 0) is 28.6 Å². The summed E-state index contributed by atoms with van der Waals surface area (Å²) in [6, 6.07) is 0. The second-order valence-electron chi connectivity index (χ2n) is 4.71. The van der Waals surface area contributed by atoms with Gasteiger partial charge in [-0.15, -0.1) is 0 Å². The molecule has 0 spiro atoms. The summed E-state index contributed by atoms with van der Waals surface area (Å²) in [5.41, 5.74) is 0. The molecule has 0 atom stereocenters. The van der Waals surface area contributed by atoms with E-state index in [1.54, 1.807) is 6.92 Å². The molecule has 0 aliphatic heterocycles. The Morgan fingerprint density at radius 3 is 1.83 bits per heavy atom.